The molecule has 112 valence electrons. The zero-order valence-electron chi connectivity index (χ0n) is 13.0. The Morgan fingerprint density at radius 3 is 2.71 bits per heavy atom. The molecule has 1 amide bonds. The Morgan fingerprint density at radius 1 is 1.43 bits per heavy atom. The van der Waals surface area contributed by atoms with Crippen LogP contribution in [0.15, 0.2) is 24.3 Å². The maximum absolute atomic E-state index is 12.3. The molecule has 0 aliphatic heterocycles. The Hall–Kier alpha value is -2.30. The minimum absolute atomic E-state index is 0.0109. The summed E-state index contributed by atoms with van der Waals surface area (Å²) in [6.45, 7) is 6.34. The summed E-state index contributed by atoms with van der Waals surface area (Å²) in [5, 5.41) is 7.33. The molecule has 5 heteroatoms. The van der Waals surface area contributed by atoms with Crippen LogP contribution >= 0.6 is 0 Å². The quantitative estimate of drug-likeness (QED) is 0.845. The van der Waals surface area contributed by atoms with Gasteiger partial charge in [-0.15, -0.1) is 0 Å². The van der Waals surface area contributed by atoms with Crippen molar-refractivity contribution in [3.05, 3.63) is 46.8 Å². The van der Waals surface area contributed by atoms with Gasteiger partial charge in [-0.05, 0) is 38.5 Å². The van der Waals surface area contributed by atoms with E-state index in [1.807, 2.05) is 56.8 Å². The highest BCUT2D eigenvalue weighted by molar-refractivity contribution is 5.83. The number of nitrogens with one attached hydrogen (secondary N) is 1. The fourth-order valence-corrected chi connectivity index (χ4v) is 2.38. The Balaban J connectivity index is 2.05. The van der Waals surface area contributed by atoms with Gasteiger partial charge < -0.3 is 11.1 Å². The van der Waals surface area contributed by atoms with E-state index in [1.54, 1.807) is 0 Å². The molecule has 0 aliphatic rings. The van der Waals surface area contributed by atoms with Crippen molar-refractivity contribution >= 4 is 11.6 Å². The van der Waals surface area contributed by atoms with E-state index in [2.05, 4.69) is 10.4 Å². The standard InChI is InChI=1S/C16H22N4O/c1-10(13-6-5-7-14(17)8-13)16(21)18-9-15-11(2)19-20(4)12(15)3/h5-8,10H,9,17H2,1-4H3,(H,18,21). The van der Waals surface area contributed by atoms with Crippen molar-refractivity contribution in [2.75, 3.05) is 5.73 Å². The third kappa shape index (κ3) is 3.24. The highest BCUT2D eigenvalue weighted by atomic mass is 16.1. The molecule has 0 radical (unpaired) electrons. The summed E-state index contributed by atoms with van der Waals surface area (Å²) < 4.78 is 1.83. The molecule has 21 heavy (non-hydrogen) atoms. The van der Waals surface area contributed by atoms with E-state index < -0.39 is 0 Å². The first-order valence-corrected chi connectivity index (χ1v) is 7.02. The molecule has 0 fully saturated rings. The van der Waals surface area contributed by atoms with Crippen LogP contribution in [-0.4, -0.2) is 15.7 Å². The number of hydrogen-bond donors (Lipinski definition) is 2. The number of carbonyl (C=O) groups is 1. The van der Waals surface area contributed by atoms with Gasteiger partial charge in [-0.3, -0.25) is 9.48 Å². The summed E-state index contributed by atoms with van der Waals surface area (Å²) in [4.78, 5) is 12.3. The molecule has 5 nitrogen and oxygen atoms in total. The Kier molecular flexibility index (Phi) is 4.31. The van der Waals surface area contributed by atoms with E-state index in [9.17, 15) is 4.79 Å². The third-order valence-corrected chi connectivity index (χ3v) is 3.90. The van der Waals surface area contributed by atoms with Crippen molar-refractivity contribution < 1.29 is 4.79 Å². The SMILES string of the molecule is Cc1nn(C)c(C)c1CNC(=O)C(C)c1cccc(N)c1. The number of anilines is 1. The van der Waals surface area contributed by atoms with Crippen LogP contribution in [0.25, 0.3) is 0 Å². The van der Waals surface area contributed by atoms with Gasteiger partial charge in [-0.1, -0.05) is 12.1 Å². The maximum Gasteiger partial charge on any atom is 0.227 e. The van der Waals surface area contributed by atoms with Crippen molar-refractivity contribution in [1.29, 1.82) is 0 Å². The molecule has 0 saturated heterocycles. The first-order valence-electron chi connectivity index (χ1n) is 7.02. The zero-order chi connectivity index (χ0) is 15.6. The van der Waals surface area contributed by atoms with Crippen LogP contribution in [0.5, 0.6) is 0 Å². The molecule has 2 aromatic rings. The molecular weight excluding hydrogens is 264 g/mol. The predicted molar refractivity (Wildman–Crippen MR) is 83.8 cm³/mol. The Bertz CT molecular complexity index is 660. The number of aryl methyl sites for hydroxylation is 2. The second kappa shape index (κ2) is 5.99. The zero-order valence-corrected chi connectivity index (χ0v) is 13.0. The van der Waals surface area contributed by atoms with E-state index >= 15 is 0 Å². The third-order valence-electron chi connectivity index (χ3n) is 3.90. The molecule has 1 unspecified atom stereocenters. The average molecular weight is 286 g/mol. The molecule has 0 aliphatic carbocycles. The summed E-state index contributed by atoms with van der Waals surface area (Å²) >= 11 is 0. The number of rotatable bonds is 4. The number of aromatic nitrogens is 2. The lowest BCUT2D eigenvalue weighted by Gasteiger charge is -2.13. The predicted octanol–water partition coefficient (Wildman–Crippen LogP) is 2.04. The summed E-state index contributed by atoms with van der Waals surface area (Å²) in [7, 11) is 1.91. The van der Waals surface area contributed by atoms with Crippen LogP contribution in [0.2, 0.25) is 0 Å². The molecule has 2 rings (SSSR count). The van der Waals surface area contributed by atoms with E-state index in [-0.39, 0.29) is 11.8 Å². The van der Waals surface area contributed by atoms with Crippen LogP contribution < -0.4 is 11.1 Å². The number of carbonyl (C=O) groups excluding carboxylic acids is 1. The van der Waals surface area contributed by atoms with E-state index in [4.69, 9.17) is 5.73 Å². The first-order chi connectivity index (χ1) is 9.90. The molecule has 1 aromatic carbocycles. The van der Waals surface area contributed by atoms with Crippen molar-refractivity contribution in [1.82, 2.24) is 15.1 Å². The monoisotopic (exact) mass is 286 g/mol. The molecule has 1 aromatic heterocycles. The summed E-state index contributed by atoms with van der Waals surface area (Å²) in [5.41, 5.74) is 10.5. The van der Waals surface area contributed by atoms with E-state index in [0.717, 1.165) is 22.5 Å². The maximum atomic E-state index is 12.3. The second-order valence-electron chi connectivity index (χ2n) is 5.38. The van der Waals surface area contributed by atoms with Gasteiger partial charge in [0.1, 0.15) is 0 Å². The van der Waals surface area contributed by atoms with Gasteiger partial charge in [0.25, 0.3) is 0 Å². The number of nitrogen functional groups attached to an aromatic ring is 1. The normalized spacial score (nSPS) is 12.2. The number of amides is 1. The smallest absolute Gasteiger partial charge is 0.227 e. The van der Waals surface area contributed by atoms with Gasteiger partial charge in [0, 0.05) is 30.5 Å². The largest absolute Gasteiger partial charge is 0.399 e. The van der Waals surface area contributed by atoms with Crippen molar-refractivity contribution in [2.24, 2.45) is 7.05 Å². The van der Waals surface area contributed by atoms with Crippen LogP contribution in [0.3, 0.4) is 0 Å². The topological polar surface area (TPSA) is 72.9 Å². The lowest BCUT2D eigenvalue weighted by Crippen LogP contribution is -2.28. The van der Waals surface area contributed by atoms with Gasteiger partial charge in [0.05, 0.1) is 11.6 Å². The molecule has 0 bridgehead atoms. The Morgan fingerprint density at radius 2 is 2.14 bits per heavy atom. The molecule has 1 atom stereocenters. The number of benzene rings is 1. The van der Waals surface area contributed by atoms with Crippen molar-refractivity contribution in [3.8, 4) is 0 Å². The molecule has 3 N–H and O–H groups in total. The van der Waals surface area contributed by atoms with Crippen molar-refractivity contribution in [3.63, 3.8) is 0 Å². The summed E-state index contributed by atoms with van der Waals surface area (Å²) in [6, 6.07) is 7.44. The van der Waals surface area contributed by atoms with Gasteiger partial charge in [0.15, 0.2) is 0 Å². The van der Waals surface area contributed by atoms with Gasteiger partial charge in [-0.25, -0.2) is 0 Å². The number of nitrogens with zero attached hydrogens (tertiary/aromatic N) is 2. The molecule has 0 saturated carbocycles. The average Bonchev–Trinajstić information content (AvgIpc) is 2.69. The van der Waals surface area contributed by atoms with Crippen LogP contribution in [0.4, 0.5) is 5.69 Å². The second-order valence-corrected chi connectivity index (χ2v) is 5.38. The lowest BCUT2D eigenvalue weighted by molar-refractivity contribution is -0.122. The van der Waals surface area contributed by atoms with Gasteiger partial charge in [-0.2, -0.15) is 5.10 Å². The minimum Gasteiger partial charge on any atom is -0.399 e. The molecule has 1 heterocycles. The van der Waals surface area contributed by atoms with E-state index in [0.29, 0.717) is 12.2 Å². The number of nitrogens with two attached hydrogens (primary N) is 1. The highest BCUT2D eigenvalue weighted by Gasteiger charge is 2.16. The van der Waals surface area contributed by atoms with Crippen molar-refractivity contribution in [2.45, 2.75) is 33.2 Å². The van der Waals surface area contributed by atoms with Gasteiger partial charge >= 0.3 is 0 Å². The lowest BCUT2D eigenvalue weighted by atomic mass is 9.99. The van der Waals surface area contributed by atoms with Crippen LogP contribution in [0.1, 0.15) is 35.4 Å². The summed E-state index contributed by atoms with van der Waals surface area (Å²) in [6.07, 6.45) is 0. The van der Waals surface area contributed by atoms with E-state index in [1.165, 1.54) is 0 Å². The van der Waals surface area contributed by atoms with Crippen LogP contribution in [0, 0.1) is 13.8 Å². The summed E-state index contributed by atoms with van der Waals surface area (Å²) in [5.74, 6) is -0.242. The number of hydrogen-bond acceptors (Lipinski definition) is 3. The minimum atomic E-state index is -0.231. The molecular formula is C16H22N4O. The fraction of sp³-hybridized carbons (Fsp3) is 0.375. The highest BCUT2D eigenvalue weighted by Crippen LogP contribution is 2.18. The Labute approximate surface area is 125 Å². The first kappa shape index (κ1) is 15.1. The van der Waals surface area contributed by atoms with Crippen LogP contribution in [-0.2, 0) is 18.4 Å². The molecule has 0 spiro atoms. The fourth-order valence-electron chi connectivity index (χ4n) is 2.38. The van der Waals surface area contributed by atoms with Gasteiger partial charge in [0.2, 0.25) is 5.91 Å².